The van der Waals surface area contributed by atoms with Crippen LogP contribution in [0.25, 0.3) is 0 Å². The molecule has 0 aromatic heterocycles. The molecule has 2 atom stereocenters. The minimum Gasteiger partial charge on any atom is -0.497 e. The van der Waals surface area contributed by atoms with Crippen molar-refractivity contribution in [1.29, 1.82) is 0 Å². The summed E-state index contributed by atoms with van der Waals surface area (Å²) < 4.78 is 5.25. The fourth-order valence-corrected chi connectivity index (χ4v) is 3.27. The maximum absolute atomic E-state index is 5.25. The molecular formula is C18H21NO. The molecule has 0 saturated heterocycles. The Kier molecular flexibility index (Phi) is 3.75. The Morgan fingerprint density at radius 3 is 2.30 bits per heavy atom. The van der Waals surface area contributed by atoms with E-state index in [0.717, 1.165) is 5.75 Å². The normalized spacial score (nSPS) is 21.3. The van der Waals surface area contributed by atoms with Gasteiger partial charge in [0.25, 0.3) is 0 Å². The van der Waals surface area contributed by atoms with Crippen LogP contribution in [-0.2, 0) is 0 Å². The molecule has 3 rings (SSSR count). The highest BCUT2D eigenvalue weighted by atomic mass is 16.5. The molecule has 20 heavy (non-hydrogen) atoms. The predicted molar refractivity (Wildman–Crippen MR) is 82.3 cm³/mol. The van der Waals surface area contributed by atoms with E-state index < -0.39 is 0 Å². The predicted octanol–water partition coefficient (Wildman–Crippen LogP) is 3.88. The van der Waals surface area contributed by atoms with Crippen molar-refractivity contribution in [2.24, 2.45) is 0 Å². The van der Waals surface area contributed by atoms with Crippen LogP contribution < -0.4 is 10.1 Å². The largest absolute Gasteiger partial charge is 0.497 e. The number of hydrogen-bond donors (Lipinski definition) is 1. The average Bonchev–Trinajstić information content (AvgIpc) is 2.54. The molecule has 0 spiro atoms. The van der Waals surface area contributed by atoms with E-state index in [4.69, 9.17) is 4.74 Å². The van der Waals surface area contributed by atoms with Crippen molar-refractivity contribution in [3.8, 4) is 5.75 Å². The lowest BCUT2D eigenvalue weighted by Gasteiger charge is -2.31. The third-order valence-electron chi connectivity index (χ3n) is 4.36. The molecule has 104 valence electrons. The van der Waals surface area contributed by atoms with Crippen LogP contribution in [0.2, 0.25) is 0 Å². The number of hydrogen-bond acceptors (Lipinski definition) is 2. The van der Waals surface area contributed by atoms with Crippen molar-refractivity contribution in [2.75, 3.05) is 14.2 Å². The molecule has 2 unspecified atom stereocenters. The second-order valence-electron chi connectivity index (χ2n) is 5.37. The summed E-state index contributed by atoms with van der Waals surface area (Å²) in [6.45, 7) is 0. The van der Waals surface area contributed by atoms with Crippen LogP contribution in [0, 0.1) is 0 Å². The van der Waals surface area contributed by atoms with E-state index in [1.165, 1.54) is 29.5 Å². The molecule has 0 saturated carbocycles. The highest BCUT2D eigenvalue weighted by Gasteiger charge is 2.26. The molecule has 2 aromatic carbocycles. The molecule has 0 bridgehead atoms. The van der Waals surface area contributed by atoms with E-state index in [9.17, 15) is 0 Å². The summed E-state index contributed by atoms with van der Waals surface area (Å²) in [6, 6.07) is 17.8. The number of fused-ring (bicyclic) bond motifs is 1. The summed E-state index contributed by atoms with van der Waals surface area (Å²) in [5.74, 6) is 1.42. The molecule has 2 aromatic rings. The quantitative estimate of drug-likeness (QED) is 0.911. The Hall–Kier alpha value is -1.80. The minimum absolute atomic E-state index is 0.487. The number of benzene rings is 2. The van der Waals surface area contributed by atoms with E-state index in [0.29, 0.717) is 12.0 Å². The zero-order chi connectivity index (χ0) is 13.9. The molecule has 0 amide bonds. The van der Waals surface area contributed by atoms with Crippen molar-refractivity contribution >= 4 is 0 Å². The van der Waals surface area contributed by atoms with Crippen LogP contribution in [0.15, 0.2) is 48.5 Å². The first-order valence-corrected chi connectivity index (χ1v) is 7.23. The van der Waals surface area contributed by atoms with E-state index in [1.807, 2.05) is 0 Å². The summed E-state index contributed by atoms with van der Waals surface area (Å²) >= 11 is 0. The first-order valence-electron chi connectivity index (χ1n) is 7.23. The maximum atomic E-state index is 5.25. The third kappa shape index (κ3) is 2.32. The van der Waals surface area contributed by atoms with Gasteiger partial charge in [0.1, 0.15) is 5.75 Å². The lowest BCUT2D eigenvalue weighted by molar-refractivity contribution is 0.414. The van der Waals surface area contributed by atoms with Gasteiger partial charge in [-0.05, 0) is 48.7 Å². The summed E-state index contributed by atoms with van der Waals surface area (Å²) in [5.41, 5.74) is 4.29. The van der Waals surface area contributed by atoms with Crippen molar-refractivity contribution in [3.63, 3.8) is 0 Å². The van der Waals surface area contributed by atoms with Gasteiger partial charge < -0.3 is 10.1 Å². The summed E-state index contributed by atoms with van der Waals surface area (Å²) in [7, 11) is 3.76. The van der Waals surface area contributed by atoms with Gasteiger partial charge in [0.05, 0.1) is 7.11 Å². The first-order chi connectivity index (χ1) is 9.83. The van der Waals surface area contributed by atoms with Gasteiger partial charge in [-0.1, -0.05) is 36.4 Å². The van der Waals surface area contributed by atoms with Crippen molar-refractivity contribution in [3.05, 3.63) is 65.2 Å². The molecule has 2 nitrogen and oxygen atoms in total. The Morgan fingerprint density at radius 2 is 1.65 bits per heavy atom. The second kappa shape index (κ2) is 5.68. The van der Waals surface area contributed by atoms with Crippen molar-refractivity contribution in [1.82, 2.24) is 5.32 Å². The summed E-state index contributed by atoms with van der Waals surface area (Å²) in [6.07, 6.45) is 2.37. The van der Waals surface area contributed by atoms with Crippen molar-refractivity contribution in [2.45, 2.75) is 24.8 Å². The van der Waals surface area contributed by atoms with Crippen LogP contribution in [-0.4, -0.2) is 14.2 Å². The van der Waals surface area contributed by atoms with Gasteiger partial charge in [-0.3, -0.25) is 0 Å². The van der Waals surface area contributed by atoms with E-state index in [1.54, 1.807) is 7.11 Å². The Labute approximate surface area is 120 Å². The monoisotopic (exact) mass is 267 g/mol. The van der Waals surface area contributed by atoms with Crippen LogP contribution >= 0.6 is 0 Å². The van der Waals surface area contributed by atoms with Gasteiger partial charge in [-0.15, -0.1) is 0 Å². The number of nitrogens with one attached hydrogen (secondary N) is 1. The number of methoxy groups -OCH3 is 1. The minimum atomic E-state index is 0.487. The van der Waals surface area contributed by atoms with Gasteiger partial charge in [0.15, 0.2) is 0 Å². The van der Waals surface area contributed by atoms with Gasteiger partial charge in [0.2, 0.25) is 0 Å². The van der Waals surface area contributed by atoms with E-state index in [-0.39, 0.29) is 0 Å². The molecule has 1 aliphatic rings. The molecule has 2 heteroatoms. The molecule has 0 fully saturated rings. The van der Waals surface area contributed by atoms with Crippen LogP contribution in [0.4, 0.5) is 0 Å². The number of rotatable bonds is 3. The molecule has 0 aliphatic heterocycles. The maximum Gasteiger partial charge on any atom is 0.118 e. The SMILES string of the molecule is CNC1CCC(c2ccc(OC)cc2)c2ccccc21. The lowest BCUT2D eigenvalue weighted by Crippen LogP contribution is -2.24. The van der Waals surface area contributed by atoms with Crippen LogP contribution in [0.3, 0.4) is 0 Å². The first kappa shape index (κ1) is 13.2. The highest BCUT2D eigenvalue weighted by molar-refractivity contribution is 5.42. The van der Waals surface area contributed by atoms with Gasteiger partial charge >= 0.3 is 0 Å². The average molecular weight is 267 g/mol. The van der Waals surface area contributed by atoms with E-state index >= 15 is 0 Å². The van der Waals surface area contributed by atoms with Crippen molar-refractivity contribution < 1.29 is 4.74 Å². The molecule has 0 radical (unpaired) electrons. The second-order valence-corrected chi connectivity index (χ2v) is 5.37. The van der Waals surface area contributed by atoms with Crippen LogP contribution in [0.1, 0.15) is 41.5 Å². The molecular weight excluding hydrogens is 246 g/mol. The zero-order valence-corrected chi connectivity index (χ0v) is 12.1. The highest BCUT2D eigenvalue weighted by Crippen LogP contribution is 2.41. The van der Waals surface area contributed by atoms with Gasteiger partial charge in [-0.25, -0.2) is 0 Å². The topological polar surface area (TPSA) is 21.3 Å². The third-order valence-corrected chi connectivity index (χ3v) is 4.36. The standard InChI is InChI=1S/C18H21NO/c1-19-18-12-11-15(16-5-3-4-6-17(16)18)13-7-9-14(20-2)10-8-13/h3-10,15,18-19H,11-12H2,1-2H3. The van der Waals surface area contributed by atoms with E-state index in [2.05, 4.69) is 60.9 Å². The number of ether oxygens (including phenoxy) is 1. The van der Waals surface area contributed by atoms with Gasteiger partial charge in [0, 0.05) is 12.0 Å². The summed E-state index contributed by atoms with van der Waals surface area (Å²) in [5, 5.41) is 3.43. The smallest absolute Gasteiger partial charge is 0.118 e. The Balaban J connectivity index is 1.98. The fraction of sp³-hybridized carbons (Fsp3) is 0.333. The zero-order valence-electron chi connectivity index (χ0n) is 12.1. The lowest BCUT2D eigenvalue weighted by atomic mass is 9.77. The Morgan fingerprint density at radius 1 is 0.950 bits per heavy atom. The molecule has 0 heterocycles. The summed E-state index contributed by atoms with van der Waals surface area (Å²) in [4.78, 5) is 0. The van der Waals surface area contributed by atoms with Gasteiger partial charge in [-0.2, -0.15) is 0 Å². The molecule has 1 aliphatic carbocycles. The Bertz CT molecular complexity index is 576. The van der Waals surface area contributed by atoms with Crippen LogP contribution in [0.5, 0.6) is 5.75 Å². The molecule has 1 N–H and O–H groups in total. The fourth-order valence-electron chi connectivity index (χ4n) is 3.27.